The molecule has 33 heavy (non-hydrogen) atoms. The minimum atomic E-state index is -0.808. The largest absolute Gasteiger partial charge is 0.496 e. The Labute approximate surface area is 195 Å². The van der Waals surface area contributed by atoms with Gasteiger partial charge in [-0.2, -0.15) is 0 Å². The van der Waals surface area contributed by atoms with Gasteiger partial charge in [0.1, 0.15) is 11.5 Å². The van der Waals surface area contributed by atoms with Gasteiger partial charge in [-0.1, -0.05) is 30.3 Å². The maximum Gasteiger partial charge on any atom is 0.311 e. The molecule has 0 spiro atoms. The summed E-state index contributed by atoms with van der Waals surface area (Å²) in [6, 6.07) is 13.6. The molecule has 7 heteroatoms. The summed E-state index contributed by atoms with van der Waals surface area (Å²) in [7, 11) is 3.13. The van der Waals surface area contributed by atoms with Crippen molar-refractivity contribution in [2.45, 2.75) is 32.6 Å². The predicted molar refractivity (Wildman–Crippen MR) is 125 cm³/mol. The number of benzene rings is 2. The molecular formula is C26H33NO6. The van der Waals surface area contributed by atoms with E-state index in [1.807, 2.05) is 25.1 Å². The fourth-order valence-electron chi connectivity index (χ4n) is 3.84. The average molecular weight is 456 g/mol. The van der Waals surface area contributed by atoms with Gasteiger partial charge in [0.25, 0.3) is 5.91 Å². The van der Waals surface area contributed by atoms with E-state index in [0.717, 1.165) is 18.4 Å². The van der Waals surface area contributed by atoms with Crippen molar-refractivity contribution in [3.8, 4) is 11.5 Å². The third kappa shape index (κ3) is 6.26. The van der Waals surface area contributed by atoms with E-state index < -0.39 is 11.4 Å². The minimum Gasteiger partial charge on any atom is -0.496 e. The second-order valence-electron chi connectivity index (χ2n) is 8.53. The molecule has 178 valence electrons. The maximum absolute atomic E-state index is 13.4. The zero-order valence-electron chi connectivity index (χ0n) is 19.6. The number of amides is 1. The summed E-state index contributed by atoms with van der Waals surface area (Å²) in [5, 5.41) is 9.33. The van der Waals surface area contributed by atoms with Crippen LogP contribution in [0.25, 0.3) is 0 Å². The molecule has 0 heterocycles. The Balaban J connectivity index is 1.68. The molecule has 0 radical (unpaired) electrons. The number of carboxylic acid groups (broad SMARTS) is 1. The Morgan fingerprint density at radius 2 is 1.67 bits per heavy atom. The number of hydrogen-bond acceptors (Lipinski definition) is 5. The topological polar surface area (TPSA) is 85.3 Å². The number of carbonyl (C=O) groups excluding carboxylic acids is 1. The van der Waals surface area contributed by atoms with Crippen molar-refractivity contribution < 1.29 is 28.9 Å². The van der Waals surface area contributed by atoms with E-state index in [-0.39, 0.29) is 19.1 Å². The second-order valence-corrected chi connectivity index (χ2v) is 8.53. The Bertz CT molecular complexity index is 930. The van der Waals surface area contributed by atoms with Crippen molar-refractivity contribution >= 4 is 11.9 Å². The summed E-state index contributed by atoms with van der Waals surface area (Å²) in [4.78, 5) is 26.5. The molecule has 0 atom stereocenters. The summed E-state index contributed by atoms with van der Waals surface area (Å²) in [6.07, 6.45) is 2.94. The van der Waals surface area contributed by atoms with E-state index in [1.54, 1.807) is 31.3 Å². The summed E-state index contributed by atoms with van der Waals surface area (Å²) < 4.78 is 16.6. The van der Waals surface area contributed by atoms with E-state index in [0.29, 0.717) is 43.0 Å². The Hall–Kier alpha value is -3.06. The standard InChI is InChI=1S/C26H33NO6/c1-19-22(31-2)16-21(17-23(19)32-3)24(28)27(13-7-10-20-8-5-4-6-9-20)14-15-33-18-26(11-12-26)25(29)30/h4-6,8-9,16-17H,7,10-15,18H2,1-3H3,(H,29,30). The van der Waals surface area contributed by atoms with Crippen LogP contribution in [0.1, 0.15) is 40.7 Å². The summed E-state index contributed by atoms with van der Waals surface area (Å²) in [6.45, 7) is 3.28. The molecule has 0 bridgehead atoms. The first-order chi connectivity index (χ1) is 15.9. The Morgan fingerprint density at radius 1 is 1.03 bits per heavy atom. The zero-order chi connectivity index (χ0) is 23.8. The molecule has 0 aromatic heterocycles. The highest BCUT2D eigenvalue weighted by atomic mass is 16.5. The van der Waals surface area contributed by atoms with E-state index >= 15 is 0 Å². The van der Waals surface area contributed by atoms with Crippen LogP contribution in [0.2, 0.25) is 0 Å². The molecule has 1 N–H and O–H groups in total. The van der Waals surface area contributed by atoms with Gasteiger partial charge >= 0.3 is 5.97 Å². The molecule has 1 fully saturated rings. The first-order valence-corrected chi connectivity index (χ1v) is 11.3. The van der Waals surface area contributed by atoms with Gasteiger partial charge in [0.05, 0.1) is 32.8 Å². The Morgan fingerprint density at radius 3 is 2.21 bits per heavy atom. The third-order valence-electron chi connectivity index (χ3n) is 6.21. The lowest BCUT2D eigenvalue weighted by atomic mass is 10.1. The van der Waals surface area contributed by atoms with Crippen molar-refractivity contribution in [2.24, 2.45) is 5.41 Å². The van der Waals surface area contributed by atoms with Crippen molar-refractivity contribution in [3.63, 3.8) is 0 Å². The van der Waals surface area contributed by atoms with E-state index in [2.05, 4.69) is 12.1 Å². The second kappa shape index (κ2) is 11.2. The lowest BCUT2D eigenvalue weighted by Gasteiger charge is -2.24. The molecule has 1 amide bonds. The summed E-state index contributed by atoms with van der Waals surface area (Å²) in [5.74, 6) is 0.241. The monoisotopic (exact) mass is 455 g/mol. The fourth-order valence-corrected chi connectivity index (χ4v) is 3.84. The molecule has 3 rings (SSSR count). The molecule has 2 aromatic carbocycles. The van der Waals surface area contributed by atoms with Gasteiger partial charge < -0.3 is 24.2 Å². The lowest BCUT2D eigenvalue weighted by Crippen LogP contribution is -2.36. The van der Waals surface area contributed by atoms with E-state index in [4.69, 9.17) is 14.2 Å². The number of methoxy groups -OCH3 is 2. The van der Waals surface area contributed by atoms with Crippen LogP contribution in [0.5, 0.6) is 11.5 Å². The quantitative estimate of drug-likeness (QED) is 0.460. The molecule has 2 aromatic rings. The normalized spacial score (nSPS) is 13.9. The predicted octanol–water partition coefficient (Wildman–Crippen LogP) is 3.97. The van der Waals surface area contributed by atoms with Gasteiger partial charge in [-0.25, -0.2) is 0 Å². The highest BCUT2D eigenvalue weighted by Crippen LogP contribution is 2.46. The Kier molecular flexibility index (Phi) is 8.33. The molecular weight excluding hydrogens is 422 g/mol. The van der Waals surface area contributed by atoms with Crippen molar-refractivity contribution in [1.82, 2.24) is 4.90 Å². The molecule has 1 aliphatic rings. The van der Waals surface area contributed by atoms with Crippen molar-refractivity contribution in [2.75, 3.05) is 40.5 Å². The molecule has 1 saturated carbocycles. The lowest BCUT2D eigenvalue weighted by molar-refractivity contribution is -0.145. The van der Waals surface area contributed by atoms with Gasteiger partial charge in [0.15, 0.2) is 0 Å². The zero-order valence-corrected chi connectivity index (χ0v) is 19.6. The maximum atomic E-state index is 13.4. The van der Waals surface area contributed by atoms with Gasteiger partial charge in [0.2, 0.25) is 0 Å². The highest BCUT2D eigenvalue weighted by molar-refractivity contribution is 5.95. The number of carboxylic acids is 1. The highest BCUT2D eigenvalue weighted by Gasteiger charge is 2.50. The smallest absolute Gasteiger partial charge is 0.311 e. The van der Waals surface area contributed by atoms with E-state index in [9.17, 15) is 14.7 Å². The van der Waals surface area contributed by atoms with Gasteiger partial charge in [0, 0.05) is 24.2 Å². The molecule has 0 aliphatic heterocycles. The molecule has 1 aliphatic carbocycles. The first kappa shape index (κ1) is 24.6. The van der Waals surface area contributed by atoms with Crippen molar-refractivity contribution in [3.05, 3.63) is 59.2 Å². The fraction of sp³-hybridized carbons (Fsp3) is 0.462. The number of aliphatic carboxylic acids is 1. The van der Waals surface area contributed by atoms with Gasteiger partial charge in [-0.05, 0) is 50.3 Å². The number of carbonyl (C=O) groups is 2. The SMILES string of the molecule is COc1cc(C(=O)N(CCCc2ccccc2)CCOCC2(C(=O)O)CC2)cc(OC)c1C. The van der Waals surface area contributed by atoms with Crippen LogP contribution in [0.15, 0.2) is 42.5 Å². The number of aryl methyl sites for hydroxylation is 1. The van der Waals surface area contributed by atoms with Crippen LogP contribution in [0.3, 0.4) is 0 Å². The van der Waals surface area contributed by atoms with Crippen LogP contribution in [0, 0.1) is 12.3 Å². The number of hydrogen-bond donors (Lipinski definition) is 1. The third-order valence-corrected chi connectivity index (χ3v) is 6.21. The van der Waals surface area contributed by atoms with Crippen LogP contribution < -0.4 is 9.47 Å². The molecule has 7 nitrogen and oxygen atoms in total. The van der Waals surface area contributed by atoms with E-state index in [1.165, 1.54) is 5.56 Å². The average Bonchev–Trinajstić information content (AvgIpc) is 3.62. The van der Waals surface area contributed by atoms with Gasteiger partial charge in [-0.15, -0.1) is 0 Å². The summed E-state index contributed by atoms with van der Waals surface area (Å²) >= 11 is 0. The van der Waals surface area contributed by atoms with Crippen LogP contribution in [-0.2, 0) is 16.0 Å². The molecule has 0 saturated heterocycles. The summed E-state index contributed by atoms with van der Waals surface area (Å²) in [5.41, 5.74) is 1.80. The van der Waals surface area contributed by atoms with Crippen LogP contribution in [0.4, 0.5) is 0 Å². The number of rotatable bonds is 13. The van der Waals surface area contributed by atoms with Crippen LogP contribution >= 0.6 is 0 Å². The number of ether oxygens (including phenoxy) is 3. The van der Waals surface area contributed by atoms with Crippen LogP contribution in [-0.4, -0.2) is 62.4 Å². The minimum absolute atomic E-state index is 0.136. The molecule has 0 unspecified atom stereocenters. The van der Waals surface area contributed by atoms with Gasteiger partial charge in [-0.3, -0.25) is 9.59 Å². The number of nitrogens with zero attached hydrogens (tertiary/aromatic N) is 1. The van der Waals surface area contributed by atoms with Crippen molar-refractivity contribution in [1.29, 1.82) is 0 Å². The first-order valence-electron chi connectivity index (χ1n) is 11.3.